The molecule has 0 atom stereocenters. The van der Waals surface area contributed by atoms with Crippen LogP contribution in [0, 0.1) is 0 Å². The van der Waals surface area contributed by atoms with Crippen molar-refractivity contribution in [2.75, 3.05) is 5.32 Å². The number of aromatic nitrogens is 3. The first-order chi connectivity index (χ1) is 19.0. The average molecular weight is 591 g/mol. The van der Waals surface area contributed by atoms with Gasteiger partial charge in [0.05, 0.1) is 16.1 Å². The summed E-state index contributed by atoms with van der Waals surface area (Å²) in [7, 11) is 0. The topological polar surface area (TPSA) is 124 Å². The highest BCUT2D eigenvalue weighted by molar-refractivity contribution is 7.25. The molecule has 14 heteroatoms. The Bertz CT molecular complexity index is 1680. The van der Waals surface area contributed by atoms with E-state index in [1.165, 1.54) is 24.6 Å². The summed E-state index contributed by atoms with van der Waals surface area (Å²) in [5, 5.41) is 12.8. The fourth-order valence-electron chi connectivity index (χ4n) is 3.38. The Balaban J connectivity index is 0.000000470. The SMILES string of the molecule is CC(=O)Oc1ccc2c(c1)sc1ncnc(Nc3ccc(OCc4ccccn4)c(Cl)c3)c12.O=C(O)C(F)(F)F. The van der Waals surface area contributed by atoms with Crippen LogP contribution < -0.4 is 14.8 Å². The number of benzene rings is 2. The average Bonchev–Trinajstić information content (AvgIpc) is 3.27. The normalized spacial score (nSPS) is 11.0. The van der Waals surface area contributed by atoms with Crippen molar-refractivity contribution >= 4 is 66.7 Å². The minimum Gasteiger partial charge on any atom is -0.486 e. The van der Waals surface area contributed by atoms with Crippen molar-refractivity contribution in [1.29, 1.82) is 0 Å². The number of nitrogens with one attached hydrogen (secondary N) is 1. The van der Waals surface area contributed by atoms with Gasteiger partial charge in [-0.1, -0.05) is 17.7 Å². The zero-order chi connectivity index (χ0) is 28.9. The van der Waals surface area contributed by atoms with Crippen LogP contribution in [-0.4, -0.2) is 38.2 Å². The highest BCUT2D eigenvalue weighted by Crippen LogP contribution is 2.39. The molecule has 3 aromatic heterocycles. The second-order valence-electron chi connectivity index (χ2n) is 7.94. The molecule has 0 unspecified atom stereocenters. The van der Waals surface area contributed by atoms with E-state index in [9.17, 15) is 18.0 Å². The molecule has 0 radical (unpaired) electrons. The van der Waals surface area contributed by atoms with E-state index in [1.807, 2.05) is 42.5 Å². The van der Waals surface area contributed by atoms with E-state index in [0.717, 1.165) is 31.7 Å². The third-order valence-corrected chi connectivity index (χ3v) is 6.40. The molecule has 0 saturated carbocycles. The lowest BCUT2D eigenvalue weighted by molar-refractivity contribution is -0.192. The molecule has 0 amide bonds. The molecule has 0 aliphatic carbocycles. The van der Waals surface area contributed by atoms with Crippen molar-refractivity contribution in [1.82, 2.24) is 15.0 Å². The molecule has 9 nitrogen and oxygen atoms in total. The van der Waals surface area contributed by atoms with Gasteiger partial charge < -0.3 is 19.9 Å². The van der Waals surface area contributed by atoms with Gasteiger partial charge in [0, 0.05) is 28.9 Å². The van der Waals surface area contributed by atoms with Crippen LogP contribution >= 0.6 is 22.9 Å². The summed E-state index contributed by atoms with van der Waals surface area (Å²) in [5.74, 6) is -1.39. The van der Waals surface area contributed by atoms with Gasteiger partial charge in [-0.2, -0.15) is 13.2 Å². The Morgan fingerprint density at radius 3 is 2.50 bits per heavy atom. The van der Waals surface area contributed by atoms with Crippen LogP contribution in [-0.2, 0) is 16.2 Å². The van der Waals surface area contributed by atoms with Gasteiger partial charge in [-0.15, -0.1) is 11.3 Å². The molecule has 40 heavy (non-hydrogen) atoms. The maximum Gasteiger partial charge on any atom is 0.490 e. The number of nitrogens with zero attached hydrogens (tertiary/aromatic N) is 3. The summed E-state index contributed by atoms with van der Waals surface area (Å²) in [6.07, 6.45) is -1.85. The standard InChI is InChI=1S/C24H17ClN4O3S.C2HF3O2/c1-14(30)32-17-6-7-18-21(11-17)33-24-22(18)23(27-13-28-24)29-15-5-8-20(19(25)10-15)31-12-16-4-2-3-9-26-16;3-2(4,5)1(6)7/h2-11,13H,12H2,1H3,(H,27,28,29);(H,6,7). The van der Waals surface area contributed by atoms with Crippen LogP contribution in [0.5, 0.6) is 11.5 Å². The maximum atomic E-state index is 11.3. The number of alkyl halides is 3. The van der Waals surface area contributed by atoms with Gasteiger partial charge in [0.25, 0.3) is 0 Å². The minimum atomic E-state index is -5.08. The predicted octanol–water partition coefficient (Wildman–Crippen LogP) is 6.77. The van der Waals surface area contributed by atoms with E-state index < -0.39 is 12.1 Å². The van der Waals surface area contributed by atoms with Gasteiger partial charge >= 0.3 is 18.1 Å². The highest BCUT2D eigenvalue weighted by atomic mass is 35.5. The van der Waals surface area contributed by atoms with Crippen molar-refractivity contribution < 1.29 is 37.3 Å². The number of carboxylic acid groups (broad SMARTS) is 1. The molecule has 0 aliphatic heterocycles. The Morgan fingerprint density at radius 1 is 1.07 bits per heavy atom. The number of carbonyl (C=O) groups excluding carboxylic acids is 1. The molecule has 0 fully saturated rings. The fraction of sp³-hybridized carbons (Fsp3) is 0.115. The number of thiophene rings is 1. The summed E-state index contributed by atoms with van der Waals surface area (Å²) >= 11 is 7.96. The number of carboxylic acids is 1. The molecule has 3 heterocycles. The lowest BCUT2D eigenvalue weighted by atomic mass is 10.2. The van der Waals surface area contributed by atoms with Crippen molar-refractivity contribution in [3.63, 3.8) is 0 Å². The van der Waals surface area contributed by atoms with E-state index in [0.29, 0.717) is 28.9 Å². The maximum absolute atomic E-state index is 11.3. The Hall–Kier alpha value is -4.49. The van der Waals surface area contributed by atoms with Gasteiger partial charge in [-0.3, -0.25) is 9.78 Å². The van der Waals surface area contributed by atoms with E-state index in [4.69, 9.17) is 31.0 Å². The number of hydrogen-bond acceptors (Lipinski definition) is 9. The van der Waals surface area contributed by atoms with Crippen LogP contribution in [0.25, 0.3) is 20.3 Å². The number of fused-ring (bicyclic) bond motifs is 3. The number of halogens is 4. The van der Waals surface area contributed by atoms with E-state index >= 15 is 0 Å². The first kappa shape index (κ1) is 28.5. The highest BCUT2D eigenvalue weighted by Gasteiger charge is 2.38. The second kappa shape index (κ2) is 12.1. The number of rotatable bonds is 6. The fourth-order valence-corrected chi connectivity index (χ4v) is 4.69. The summed E-state index contributed by atoms with van der Waals surface area (Å²) in [4.78, 5) is 34.1. The summed E-state index contributed by atoms with van der Waals surface area (Å²) in [5.41, 5.74) is 1.58. The third kappa shape index (κ3) is 7.12. The zero-order valence-electron chi connectivity index (χ0n) is 20.4. The molecular formula is C26H18ClF3N4O5S. The molecule has 2 aromatic carbocycles. The number of aliphatic carboxylic acids is 1. The first-order valence-electron chi connectivity index (χ1n) is 11.3. The van der Waals surface area contributed by atoms with E-state index in [2.05, 4.69) is 20.3 Å². The smallest absolute Gasteiger partial charge is 0.486 e. The number of anilines is 2. The Labute approximate surface area is 233 Å². The van der Waals surface area contributed by atoms with Gasteiger partial charge in [-0.05, 0) is 48.5 Å². The molecule has 0 saturated heterocycles. The van der Waals surface area contributed by atoms with Crippen molar-refractivity contribution in [2.24, 2.45) is 0 Å². The quantitative estimate of drug-likeness (QED) is 0.163. The monoisotopic (exact) mass is 590 g/mol. The lowest BCUT2D eigenvalue weighted by Crippen LogP contribution is -2.21. The van der Waals surface area contributed by atoms with Crippen LogP contribution in [0.15, 0.2) is 67.1 Å². The first-order valence-corrected chi connectivity index (χ1v) is 12.5. The summed E-state index contributed by atoms with van der Waals surface area (Å²) < 4.78 is 43.7. The lowest BCUT2D eigenvalue weighted by Gasteiger charge is -2.11. The number of pyridine rings is 1. The van der Waals surface area contributed by atoms with Crippen molar-refractivity contribution in [2.45, 2.75) is 19.7 Å². The van der Waals surface area contributed by atoms with Gasteiger partial charge in [0.15, 0.2) is 0 Å². The number of carbonyl (C=O) groups is 2. The molecule has 0 spiro atoms. The molecule has 5 aromatic rings. The second-order valence-corrected chi connectivity index (χ2v) is 9.38. The molecule has 0 bridgehead atoms. The molecule has 2 N–H and O–H groups in total. The molecule has 0 aliphatic rings. The van der Waals surface area contributed by atoms with Crippen molar-refractivity contribution in [3.8, 4) is 11.5 Å². The molecule has 5 rings (SSSR count). The molecular weight excluding hydrogens is 573 g/mol. The van der Waals surface area contributed by atoms with Gasteiger partial charge in [0.1, 0.15) is 35.1 Å². The predicted molar refractivity (Wildman–Crippen MR) is 143 cm³/mol. The summed E-state index contributed by atoms with van der Waals surface area (Å²) in [6.45, 7) is 1.71. The van der Waals surface area contributed by atoms with E-state index in [1.54, 1.807) is 18.3 Å². The van der Waals surface area contributed by atoms with Gasteiger partial charge in [-0.25, -0.2) is 14.8 Å². The zero-order valence-corrected chi connectivity index (χ0v) is 22.0. The van der Waals surface area contributed by atoms with Crippen molar-refractivity contribution in [3.05, 3.63) is 77.8 Å². The third-order valence-electron chi connectivity index (χ3n) is 5.04. The Kier molecular flexibility index (Phi) is 8.65. The minimum absolute atomic E-state index is 0.329. The Morgan fingerprint density at radius 2 is 1.85 bits per heavy atom. The van der Waals surface area contributed by atoms with Gasteiger partial charge in [0.2, 0.25) is 0 Å². The number of ether oxygens (including phenoxy) is 2. The van der Waals surface area contributed by atoms with Crippen LogP contribution in [0.2, 0.25) is 5.02 Å². The molecule has 206 valence electrons. The van der Waals surface area contributed by atoms with Crippen LogP contribution in [0.1, 0.15) is 12.6 Å². The van der Waals surface area contributed by atoms with Crippen LogP contribution in [0.4, 0.5) is 24.7 Å². The van der Waals surface area contributed by atoms with E-state index in [-0.39, 0.29) is 5.97 Å². The summed E-state index contributed by atoms with van der Waals surface area (Å²) in [6, 6.07) is 16.6. The number of esters is 1. The largest absolute Gasteiger partial charge is 0.490 e. The number of hydrogen-bond donors (Lipinski definition) is 2. The van der Waals surface area contributed by atoms with Crippen LogP contribution in [0.3, 0.4) is 0 Å².